The third kappa shape index (κ3) is 4.72. The van der Waals surface area contributed by atoms with Gasteiger partial charge in [-0.2, -0.15) is 0 Å². The molecule has 6 nitrogen and oxygen atoms in total. The summed E-state index contributed by atoms with van der Waals surface area (Å²) >= 11 is 0. The highest BCUT2D eigenvalue weighted by Gasteiger charge is 2.16. The van der Waals surface area contributed by atoms with Gasteiger partial charge in [-0.1, -0.05) is 13.0 Å². The molecule has 0 fully saturated rings. The predicted molar refractivity (Wildman–Crippen MR) is 113 cm³/mol. The molecule has 0 saturated heterocycles. The number of nitrogens with zero attached hydrogens (tertiary/aromatic N) is 1. The van der Waals surface area contributed by atoms with Gasteiger partial charge in [0.05, 0.1) is 5.75 Å². The average molecular weight is 400 g/mol. The van der Waals surface area contributed by atoms with Crippen LogP contribution in [0.3, 0.4) is 0 Å². The Labute approximate surface area is 165 Å². The van der Waals surface area contributed by atoms with Crippen molar-refractivity contribution in [1.29, 1.82) is 0 Å². The smallest absolute Gasteiger partial charge is 0.254 e. The Morgan fingerprint density at radius 2 is 1.82 bits per heavy atom. The number of benzene rings is 2. The van der Waals surface area contributed by atoms with Gasteiger partial charge in [-0.15, -0.1) is 0 Å². The maximum absolute atomic E-state index is 12.9. The molecule has 2 N–H and O–H groups in total. The molecule has 0 saturated carbocycles. The summed E-state index contributed by atoms with van der Waals surface area (Å²) in [7, 11) is -3.34. The predicted octanol–water partition coefficient (Wildman–Crippen LogP) is 3.98. The average Bonchev–Trinajstić information content (AvgIpc) is 3.13. The van der Waals surface area contributed by atoms with E-state index in [0.29, 0.717) is 30.8 Å². The number of nitrogens with one attached hydrogen (secondary N) is 2. The molecule has 28 heavy (non-hydrogen) atoms. The van der Waals surface area contributed by atoms with Crippen LogP contribution in [0.2, 0.25) is 0 Å². The highest BCUT2D eigenvalue weighted by Crippen LogP contribution is 2.18. The number of fused-ring (bicyclic) bond motifs is 1. The van der Waals surface area contributed by atoms with Gasteiger partial charge in [-0.3, -0.25) is 9.52 Å². The van der Waals surface area contributed by atoms with Crippen LogP contribution in [0.5, 0.6) is 0 Å². The standard InChI is InChI=1S/C21H25N3O3S/c1-3-13-28(26,27)23-19-8-6-17(7-9-19)21(25)24(4-2)15-16-5-10-20-18(14-16)11-12-22-20/h5-12,14,22-23H,3-4,13,15H2,1-2H3. The quantitative estimate of drug-likeness (QED) is 0.601. The van der Waals surface area contributed by atoms with E-state index in [4.69, 9.17) is 0 Å². The van der Waals surface area contributed by atoms with Crippen molar-refractivity contribution in [3.8, 4) is 0 Å². The zero-order valence-electron chi connectivity index (χ0n) is 16.1. The van der Waals surface area contributed by atoms with Gasteiger partial charge >= 0.3 is 0 Å². The first-order valence-corrected chi connectivity index (χ1v) is 11.0. The Morgan fingerprint density at radius 3 is 2.50 bits per heavy atom. The van der Waals surface area contributed by atoms with Crippen LogP contribution < -0.4 is 4.72 Å². The first-order valence-electron chi connectivity index (χ1n) is 9.37. The minimum absolute atomic E-state index is 0.0722. The summed E-state index contributed by atoms with van der Waals surface area (Å²) in [6.45, 7) is 4.85. The number of amides is 1. The molecule has 3 aromatic rings. The Balaban J connectivity index is 1.71. The topological polar surface area (TPSA) is 82.3 Å². The highest BCUT2D eigenvalue weighted by atomic mass is 32.2. The minimum atomic E-state index is -3.34. The molecular weight excluding hydrogens is 374 g/mol. The third-order valence-corrected chi connectivity index (χ3v) is 6.03. The summed E-state index contributed by atoms with van der Waals surface area (Å²) in [5, 5.41) is 1.12. The first-order chi connectivity index (χ1) is 13.4. The number of carbonyl (C=O) groups is 1. The van der Waals surface area contributed by atoms with Crippen LogP contribution in [0, 0.1) is 0 Å². The summed E-state index contributed by atoms with van der Waals surface area (Å²) in [6, 6.07) is 14.7. The van der Waals surface area contributed by atoms with Crippen molar-refractivity contribution in [3.05, 3.63) is 65.9 Å². The van der Waals surface area contributed by atoms with Gasteiger partial charge in [0.1, 0.15) is 0 Å². The normalized spacial score (nSPS) is 11.5. The van der Waals surface area contributed by atoms with E-state index in [9.17, 15) is 13.2 Å². The number of anilines is 1. The number of hydrogen-bond donors (Lipinski definition) is 2. The number of sulfonamides is 1. The van der Waals surface area contributed by atoms with Crippen LogP contribution in [0.4, 0.5) is 5.69 Å². The zero-order valence-corrected chi connectivity index (χ0v) is 16.9. The van der Waals surface area contributed by atoms with Crippen LogP contribution >= 0.6 is 0 Å². The lowest BCUT2D eigenvalue weighted by Crippen LogP contribution is -2.30. The third-order valence-electron chi connectivity index (χ3n) is 4.54. The maximum atomic E-state index is 12.9. The number of carbonyl (C=O) groups excluding carboxylic acids is 1. The van der Waals surface area contributed by atoms with Crippen molar-refractivity contribution >= 4 is 32.5 Å². The molecule has 2 aromatic carbocycles. The largest absolute Gasteiger partial charge is 0.361 e. The molecule has 0 unspecified atom stereocenters. The number of rotatable bonds is 8. The van der Waals surface area contributed by atoms with Gasteiger partial charge in [0.15, 0.2) is 0 Å². The van der Waals surface area contributed by atoms with Crippen LogP contribution in [0.15, 0.2) is 54.7 Å². The first kappa shape index (κ1) is 19.9. The van der Waals surface area contributed by atoms with E-state index in [1.54, 1.807) is 29.2 Å². The fourth-order valence-electron chi connectivity index (χ4n) is 3.11. The molecule has 0 spiro atoms. The number of aromatic nitrogens is 1. The van der Waals surface area contributed by atoms with E-state index in [0.717, 1.165) is 16.5 Å². The summed E-state index contributed by atoms with van der Waals surface area (Å²) in [4.78, 5) is 17.8. The molecule has 1 amide bonds. The second kappa shape index (κ2) is 8.48. The van der Waals surface area contributed by atoms with Gasteiger partial charge in [0.25, 0.3) is 5.91 Å². The fraction of sp³-hybridized carbons (Fsp3) is 0.286. The number of H-pyrrole nitrogens is 1. The van der Waals surface area contributed by atoms with Crippen molar-refractivity contribution in [3.63, 3.8) is 0 Å². The molecule has 7 heteroatoms. The Hall–Kier alpha value is -2.80. The van der Waals surface area contributed by atoms with Crippen LogP contribution in [-0.2, 0) is 16.6 Å². The van der Waals surface area contributed by atoms with Crippen molar-refractivity contribution in [2.45, 2.75) is 26.8 Å². The van der Waals surface area contributed by atoms with Gasteiger partial charge < -0.3 is 9.88 Å². The van der Waals surface area contributed by atoms with Crippen molar-refractivity contribution in [2.75, 3.05) is 17.0 Å². The number of aromatic amines is 1. The van der Waals surface area contributed by atoms with Crippen molar-refractivity contribution in [1.82, 2.24) is 9.88 Å². The van der Waals surface area contributed by atoms with E-state index in [1.807, 2.05) is 38.2 Å². The molecule has 0 aliphatic rings. The van der Waals surface area contributed by atoms with Crippen LogP contribution in [-0.4, -0.2) is 36.5 Å². The minimum Gasteiger partial charge on any atom is -0.361 e. The van der Waals surface area contributed by atoms with Crippen LogP contribution in [0.25, 0.3) is 10.9 Å². The van der Waals surface area contributed by atoms with E-state index in [1.165, 1.54) is 0 Å². The second-order valence-electron chi connectivity index (χ2n) is 6.72. The fourth-order valence-corrected chi connectivity index (χ4v) is 4.25. The Kier molecular flexibility index (Phi) is 6.04. The molecule has 1 aromatic heterocycles. The van der Waals surface area contributed by atoms with Crippen molar-refractivity contribution in [2.24, 2.45) is 0 Å². The van der Waals surface area contributed by atoms with Crippen LogP contribution in [0.1, 0.15) is 36.2 Å². The molecule has 0 aliphatic heterocycles. The molecular formula is C21H25N3O3S. The zero-order chi connectivity index (χ0) is 20.1. The molecule has 3 rings (SSSR count). The summed E-state index contributed by atoms with van der Waals surface area (Å²) in [6.07, 6.45) is 2.44. The lowest BCUT2D eigenvalue weighted by molar-refractivity contribution is 0.0752. The Morgan fingerprint density at radius 1 is 1.07 bits per heavy atom. The van der Waals surface area contributed by atoms with Gasteiger partial charge in [0, 0.05) is 36.1 Å². The Bertz CT molecular complexity index is 1060. The van der Waals surface area contributed by atoms with Gasteiger partial charge in [0.2, 0.25) is 10.0 Å². The maximum Gasteiger partial charge on any atom is 0.254 e. The summed E-state index contributed by atoms with van der Waals surface area (Å²) < 4.78 is 26.3. The molecule has 148 valence electrons. The van der Waals surface area contributed by atoms with Crippen molar-refractivity contribution < 1.29 is 13.2 Å². The lowest BCUT2D eigenvalue weighted by atomic mass is 10.1. The van der Waals surface area contributed by atoms with E-state index in [-0.39, 0.29) is 11.7 Å². The molecule has 0 atom stereocenters. The highest BCUT2D eigenvalue weighted by molar-refractivity contribution is 7.92. The summed E-state index contributed by atoms with van der Waals surface area (Å²) in [5.74, 6) is -0.0115. The van der Waals surface area contributed by atoms with Gasteiger partial charge in [-0.25, -0.2) is 8.42 Å². The summed E-state index contributed by atoms with van der Waals surface area (Å²) in [5.41, 5.74) is 3.12. The van der Waals surface area contributed by atoms with E-state index >= 15 is 0 Å². The SMILES string of the molecule is CCCS(=O)(=O)Nc1ccc(C(=O)N(CC)Cc2ccc3[nH]ccc3c2)cc1. The van der Waals surface area contributed by atoms with E-state index < -0.39 is 10.0 Å². The van der Waals surface area contributed by atoms with Gasteiger partial charge in [-0.05, 0) is 66.8 Å². The molecule has 1 heterocycles. The molecule has 0 bridgehead atoms. The lowest BCUT2D eigenvalue weighted by Gasteiger charge is -2.21. The monoisotopic (exact) mass is 399 g/mol. The molecule has 0 radical (unpaired) electrons. The second-order valence-corrected chi connectivity index (χ2v) is 8.56. The molecule has 0 aliphatic carbocycles. The van der Waals surface area contributed by atoms with E-state index in [2.05, 4.69) is 15.8 Å². The number of hydrogen-bond acceptors (Lipinski definition) is 3.